The van der Waals surface area contributed by atoms with Crippen LogP contribution in [-0.4, -0.2) is 13.0 Å². The van der Waals surface area contributed by atoms with Gasteiger partial charge in [0.25, 0.3) is 0 Å². The van der Waals surface area contributed by atoms with E-state index in [4.69, 9.17) is 10.5 Å². The predicted octanol–water partition coefficient (Wildman–Crippen LogP) is 4.00. The minimum absolute atomic E-state index is 0.408. The molecular formula is C22H22N2O2. The van der Waals surface area contributed by atoms with E-state index < -0.39 is 5.91 Å². The fourth-order valence-electron chi connectivity index (χ4n) is 2.82. The van der Waals surface area contributed by atoms with Crippen molar-refractivity contribution in [3.8, 4) is 5.75 Å². The van der Waals surface area contributed by atoms with Gasteiger partial charge >= 0.3 is 0 Å². The first-order valence-electron chi connectivity index (χ1n) is 8.47. The van der Waals surface area contributed by atoms with E-state index in [0.29, 0.717) is 5.56 Å². The van der Waals surface area contributed by atoms with Crippen LogP contribution in [0.2, 0.25) is 0 Å². The van der Waals surface area contributed by atoms with Crippen molar-refractivity contribution in [1.29, 1.82) is 0 Å². The Bertz CT molecular complexity index is 844. The second-order valence-corrected chi connectivity index (χ2v) is 6.10. The van der Waals surface area contributed by atoms with Crippen LogP contribution in [0.4, 0.5) is 5.69 Å². The molecule has 0 saturated heterocycles. The third kappa shape index (κ3) is 4.42. The molecule has 0 unspecified atom stereocenters. The number of hydrogen-bond donors (Lipinski definition) is 1. The number of para-hydroxylation sites is 1. The number of amides is 1. The molecule has 132 valence electrons. The van der Waals surface area contributed by atoms with Crippen LogP contribution in [0, 0.1) is 0 Å². The molecule has 0 spiro atoms. The van der Waals surface area contributed by atoms with Crippen molar-refractivity contribution in [2.24, 2.45) is 5.73 Å². The van der Waals surface area contributed by atoms with Crippen LogP contribution in [-0.2, 0) is 13.1 Å². The van der Waals surface area contributed by atoms with E-state index in [-0.39, 0.29) is 0 Å². The van der Waals surface area contributed by atoms with Gasteiger partial charge < -0.3 is 15.4 Å². The highest BCUT2D eigenvalue weighted by atomic mass is 16.5. The zero-order valence-electron chi connectivity index (χ0n) is 14.8. The Balaban J connectivity index is 1.82. The fourth-order valence-corrected chi connectivity index (χ4v) is 2.82. The molecule has 0 atom stereocenters. The average molecular weight is 346 g/mol. The van der Waals surface area contributed by atoms with E-state index >= 15 is 0 Å². The highest BCUT2D eigenvalue weighted by Crippen LogP contribution is 2.21. The van der Waals surface area contributed by atoms with Crippen molar-refractivity contribution in [3.63, 3.8) is 0 Å². The average Bonchev–Trinajstić information content (AvgIpc) is 2.69. The molecule has 0 fully saturated rings. The van der Waals surface area contributed by atoms with Crippen LogP contribution in [0.1, 0.15) is 21.5 Å². The van der Waals surface area contributed by atoms with Crippen LogP contribution in [0.15, 0.2) is 78.9 Å². The van der Waals surface area contributed by atoms with E-state index in [0.717, 1.165) is 30.1 Å². The maximum Gasteiger partial charge on any atom is 0.248 e. The first-order valence-corrected chi connectivity index (χ1v) is 8.47. The van der Waals surface area contributed by atoms with Crippen LogP contribution >= 0.6 is 0 Å². The summed E-state index contributed by atoms with van der Waals surface area (Å²) in [5, 5.41) is 0. The molecule has 1 amide bonds. The number of nitrogens with zero attached hydrogens (tertiary/aromatic N) is 1. The summed E-state index contributed by atoms with van der Waals surface area (Å²) in [7, 11) is 1.67. The maximum atomic E-state index is 11.3. The summed E-state index contributed by atoms with van der Waals surface area (Å²) in [5.41, 5.74) is 9.30. The summed E-state index contributed by atoms with van der Waals surface area (Å²) in [6.07, 6.45) is 0. The minimum Gasteiger partial charge on any atom is -0.497 e. The monoisotopic (exact) mass is 346 g/mol. The molecule has 0 bridgehead atoms. The summed E-state index contributed by atoms with van der Waals surface area (Å²) in [4.78, 5) is 13.5. The Hall–Kier alpha value is -3.27. The van der Waals surface area contributed by atoms with Gasteiger partial charge in [-0.3, -0.25) is 4.79 Å². The van der Waals surface area contributed by atoms with Gasteiger partial charge in [-0.25, -0.2) is 0 Å². The van der Waals surface area contributed by atoms with Crippen LogP contribution in [0.25, 0.3) is 0 Å². The highest BCUT2D eigenvalue weighted by molar-refractivity contribution is 5.92. The normalized spacial score (nSPS) is 10.3. The van der Waals surface area contributed by atoms with Gasteiger partial charge in [0.1, 0.15) is 5.75 Å². The molecule has 3 aromatic rings. The quantitative estimate of drug-likeness (QED) is 0.703. The third-order valence-electron chi connectivity index (χ3n) is 4.27. The molecular weight excluding hydrogens is 324 g/mol. The van der Waals surface area contributed by atoms with Gasteiger partial charge in [0.2, 0.25) is 5.91 Å². The highest BCUT2D eigenvalue weighted by Gasteiger charge is 2.09. The van der Waals surface area contributed by atoms with E-state index in [1.165, 1.54) is 5.56 Å². The zero-order chi connectivity index (χ0) is 18.4. The van der Waals surface area contributed by atoms with Crippen molar-refractivity contribution >= 4 is 11.6 Å². The van der Waals surface area contributed by atoms with Crippen LogP contribution < -0.4 is 15.4 Å². The Morgan fingerprint density at radius 3 is 1.88 bits per heavy atom. The largest absolute Gasteiger partial charge is 0.497 e. The van der Waals surface area contributed by atoms with Crippen LogP contribution in [0.3, 0.4) is 0 Å². The van der Waals surface area contributed by atoms with Crippen molar-refractivity contribution in [2.45, 2.75) is 13.1 Å². The molecule has 4 heteroatoms. The Labute approximate surface area is 153 Å². The molecule has 0 aliphatic heterocycles. The van der Waals surface area contributed by atoms with Gasteiger partial charge in [0, 0.05) is 24.3 Å². The van der Waals surface area contributed by atoms with Crippen molar-refractivity contribution in [3.05, 3.63) is 95.6 Å². The number of rotatable bonds is 7. The van der Waals surface area contributed by atoms with Crippen molar-refractivity contribution in [2.75, 3.05) is 12.0 Å². The molecule has 3 rings (SSSR count). The van der Waals surface area contributed by atoms with E-state index in [9.17, 15) is 4.79 Å². The number of primary amides is 1. The standard InChI is InChI=1S/C22H22N2O2/c1-26-21-13-9-18(10-14-21)16-24(20-5-3-2-4-6-20)15-17-7-11-19(12-8-17)22(23)25/h2-14H,15-16H2,1H3,(H2,23,25). The molecule has 3 aromatic carbocycles. The minimum atomic E-state index is -0.408. The summed E-state index contributed by atoms with van der Waals surface area (Å²) < 4.78 is 5.23. The lowest BCUT2D eigenvalue weighted by Crippen LogP contribution is -2.22. The Morgan fingerprint density at radius 2 is 1.38 bits per heavy atom. The molecule has 0 aliphatic rings. The van der Waals surface area contributed by atoms with Gasteiger partial charge in [0.05, 0.1) is 7.11 Å². The number of carbonyl (C=O) groups excluding carboxylic acids is 1. The predicted molar refractivity (Wildman–Crippen MR) is 104 cm³/mol. The van der Waals surface area contributed by atoms with Crippen molar-refractivity contribution < 1.29 is 9.53 Å². The summed E-state index contributed by atoms with van der Waals surface area (Å²) in [6.45, 7) is 1.50. The van der Waals surface area contributed by atoms with Gasteiger partial charge in [-0.15, -0.1) is 0 Å². The molecule has 0 radical (unpaired) electrons. The van der Waals surface area contributed by atoms with E-state index in [1.54, 1.807) is 19.2 Å². The molecule has 0 aromatic heterocycles. The lowest BCUT2D eigenvalue weighted by molar-refractivity contribution is 0.100. The van der Waals surface area contributed by atoms with Crippen molar-refractivity contribution in [1.82, 2.24) is 0 Å². The van der Waals surface area contributed by atoms with Gasteiger partial charge in [-0.05, 0) is 47.5 Å². The summed E-state index contributed by atoms with van der Waals surface area (Å²) in [5.74, 6) is 0.441. The molecule has 2 N–H and O–H groups in total. The smallest absolute Gasteiger partial charge is 0.248 e. The number of ether oxygens (including phenoxy) is 1. The van der Waals surface area contributed by atoms with Gasteiger partial charge in [0.15, 0.2) is 0 Å². The number of nitrogens with two attached hydrogens (primary N) is 1. The first kappa shape index (κ1) is 17.5. The maximum absolute atomic E-state index is 11.3. The van der Waals surface area contributed by atoms with E-state index in [2.05, 4.69) is 29.2 Å². The molecule has 0 heterocycles. The summed E-state index contributed by atoms with van der Waals surface area (Å²) >= 11 is 0. The molecule has 4 nitrogen and oxygen atoms in total. The number of hydrogen-bond acceptors (Lipinski definition) is 3. The van der Waals surface area contributed by atoms with E-state index in [1.807, 2.05) is 42.5 Å². The number of benzene rings is 3. The number of methoxy groups -OCH3 is 1. The van der Waals surface area contributed by atoms with Gasteiger partial charge in [-0.1, -0.05) is 42.5 Å². The molecule has 0 aliphatic carbocycles. The second kappa shape index (κ2) is 8.21. The lowest BCUT2D eigenvalue weighted by atomic mass is 10.1. The third-order valence-corrected chi connectivity index (χ3v) is 4.27. The number of anilines is 1. The fraction of sp³-hybridized carbons (Fsp3) is 0.136. The Kier molecular flexibility index (Phi) is 5.54. The SMILES string of the molecule is COc1ccc(CN(Cc2ccc(C(N)=O)cc2)c2ccccc2)cc1. The number of carbonyl (C=O) groups is 1. The first-order chi connectivity index (χ1) is 12.7. The van der Waals surface area contributed by atoms with Gasteiger partial charge in [-0.2, -0.15) is 0 Å². The second-order valence-electron chi connectivity index (χ2n) is 6.10. The summed E-state index contributed by atoms with van der Waals surface area (Å²) in [6, 6.07) is 25.8. The zero-order valence-corrected chi connectivity index (χ0v) is 14.8. The molecule has 26 heavy (non-hydrogen) atoms. The Morgan fingerprint density at radius 1 is 0.846 bits per heavy atom. The lowest BCUT2D eigenvalue weighted by Gasteiger charge is -2.25. The molecule has 0 saturated carbocycles. The van der Waals surface area contributed by atoms with Crippen LogP contribution in [0.5, 0.6) is 5.75 Å². The topological polar surface area (TPSA) is 55.6 Å².